The van der Waals surface area contributed by atoms with Gasteiger partial charge in [-0.05, 0) is 0 Å². The normalized spacial score (nSPS) is 9.31. The number of rotatable bonds is 4. The van der Waals surface area contributed by atoms with E-state index in [0.29, 0.717) is 17.2 Å². The lowest BCUT2D eigenvalue weighted by Crippen LogP contribution is -2.20. The summed E-state index contributed by atoms with van der Waals surface area (Å²) in [4.78, 5) is 24.6. The third-order valence-corrected chi connectivity index (χ3v) is 2.02. The number of amides is 2. The van der Waals surface area contributed by atoms with Crippen LogP contribution in [-0.4, -0.2) is 22.5 Å². The van der Waals surface area contributed by atoms with Crippen molar-refractivity contribution in [3.05, 3.63) is 11.1 Å². The van der Waals surface area contributed by atoms with Crippen molar-refractivity contribution in [3.63, 3.8) is 0 Å². The van der Waals surface area contributed by atoms with E-state index in [2.05, 4.69) is 10.3 Å². The Morgan fingerprint density at radius 2 is 2.54 bits per heavy atom. The molecule has 0 spiro atoms. The molecule has 1 rings (SSSR count). The molecule has 0 bridgehead atoms. The number of carbonyl (C=O) groups is 2. The fourth-order valence-electron chi connectivity index (χ4n) is 0.709. The smallest absolute Gasteiger partial charge is 0.249 e. The Kier molecular flexibility index (Phi) is 3.35. The molecule has 0 aliphatic rings. The Balaban J connectivity index is 2.58. The fraction of sp³-hybridized carbons (Fsp3) is 0.167. The van der Waals surface area contributed by atoms with Gasteiger partial charge in [-0.2, -0.15) is 0 Å². The topological polar surface area (TPSA) is 91.3 Å². The minimum Gasteiger partial charge on any atom is -0.305 e. The second-order valence-corrected chi connectivity index (χ2v) is 2.98. The van der Waals surface area contributed by atoms with Crippen LogP contribution in [0.15, 0.2) is 5.38 Å². The van der Waals surface area contributed by atoms with Gasteiger partial charge in [0.15, 0.2) is 5.13 Å². The van der Waals surface area contributed by atoms with Gasteiger partial charge in [0.05, 0.1) is 12.1 Å². The number of carbonyl (C=O) groups excluding carboxylic acids is 2. The van der Waals surface area contributed by atoms with Crippen LogP contribution in [0.2, 0.25) is 0 Å². The Bertz CT molecular complexity index is 312. The average molecular weight is 201 g/mol. The minimum absolute atomic E-state index is 0.00641. The summed E-state index contributed by atoms with van der Waals surface area (Å²) in [7, 11) is 0. The molecule has 70 valence electrons. The average Bonchev–Trinajstić information content (AvgIpc) is 2.53. The van der Waals surface area contributed by atoms with Gasteiger partial charge in [0, 0.05) is 5.38 Å². The van der Waals surface area contributed by atoms with E-state index in [0.717, 1.165) is 0 Å². The monoisotopic (exact) mass is 201 g/mol. The Labute approximate surface area is 77.6 Å². The van der Waals surface area contributed by atoms with Crippen LogP contribution in [-0.2, 0) is 16.0 Å². The molecule has 7 heteroatoms. The van der Waals surface area contributed by atoms with Crippen molar-refractivity contribution < 1.29 is 14.8 Å². The second kappa shape index (κ2) is 4.53. The zero-order chi connectivity index (χ0) is 9.68. The molecule has 0 aliphatic heterocycles. The van der Waals surface area contributed by atoms with E-state index in [1.165, 1.54) is 16.8 Å². The molecule has 1 heterocycles. The highest BCUT2D eigenvalue weighted by molar-refractivity contribution is 7.13. The minimum atomic E-state index is -0.539. The highest BCUT2D eigenvalue weighted by Gasteiger charge is 2.05. The number of nitrogens with zero attached hydrogens (tertiary/aromatic N) is 1. The molecule has 13 heavy (non-hydrogen) atoms. The Morgan fingerprint density at radius 1 is 1.77 bits per heavy atom. The van der Waals surface area contributed by atoms with Crippen LogP contribution < -0.4 is 10.8 Å². The van der Waals surface area contributed by atoms with E-state index < -0.39 is 5.91 Å². The van der Waals surface area contributed by atoms with Gasteiger partial charge in [0.2, 0.25) is 12.3 Å². The summed E-state index contributed by atoms with van der Waals surface area (Å²) in [5, 5.41) is 12.6. The van der Waals surface area contributed by atoms with Crippen LogP contribution in [0.3, 0.4) is 0 Å². The van der Waals surface area contributed by atoms with Crippen LogP contribution in [0.25, 0.3) is 0 Å². The lowest BCUT2D eigenvalue weighted by Gasteiger charge is -1.93. The molecular formula is C6H7N3O3S. The molecule has 2 amide bonds. The first-order valence-electron chi connectivity index (χ1n) is 3.33. The van der Waals surface area contributed by atoms with Crippen LogP contribution in [0, 0.1) is 0 Å². The predicted molar refractivity (Wildman–Crippen MR) is 45.4 cm³/mol. The zero-order valence-electron chi connectivity index (χ0n) is 6.48. The third-order valence-electron chi connectivity index (χ3n) is 1.20. The molecule has 3 N–H and O–H groups in total. The number of hydrogen-bond donors (Lipinski definition) is 3. The van der Waals surface area contributed by atoms with Gasteiger partial charge in [-0.15, -0.1) is 11.3 Å². The molecule has 6 nitrogen and oxygen atoms in total. The highest BCUT2D eigenvalue weighted by Crippen LogP contribution is 2.14. The van der Waals surface area contributed by atoms with Gasteiger partial charge in [0.25, 0.3) is 0 Å². The van der Waals surface area contributed by atoms with E-state index in [4.69, 9.17) is 5.21 Å². The van der Waals surface area contributed by atoms with Crippen molar-refractivity contribution in [3.8, 4) is 0 Å². The highest BCUT2D eigenvalue weighted by atomic mass is 32.1. The summed E-state index contributed by atoms with van der Waals surface area (Å²) in [6.45, 7) is 0. The summed E-state index contributed by atoms with van der Waals surface area (Å²) in [6.07, 6.45) is 0.502. The maximum Gasteiger partial charge on any atom is 0.249 e. The number of hydroxylamine groups is 1. The predicted octanol–water partition coefficient (Wildman–Crippen LogP) is -0.241. The lowest BCUT2D eigenvalue weighted by molar-refractivity contribution is -0.128. The molecule has 0 fully saturated rings. The number of thiazole rings is 1. The first-order chi connectivity index (χ1) is 6.26. The number of hydrogen-bond acceptors (Lipinski definition) is 5. The van der Waals surface area contributed by atoms with Crippen molar-refractivity contribution >= 4 is 28.8 Å². The first-order valence-corrected chi connectivity index (χ1v) is 4.21. The van der Waals surface area contributed by atoms with Crippen molar-refractivity contribution in [1.29, 1.82) is 0 Å². The van der Waals surface area contributed by atoms with Crippen LogP contribution in [0.5, 0.6) is 0 Å². The lowest BCUT2D eigenvalue weighted by atomic mass is 10.3. The van der Waals surface area contributed by atoms with E-state index in [-0.39, 0.29) is 6.42 Å². The van der Waals surface area contributed by atoms with Crippen LogP contribution in [0.1, 0.15) is 5.69 Å². The summed E-state index contributed by atoms with van der Waals surface area (Å²) >= 11 is 1.21. The molecule has 0 saturated heterocycles. The maximum absolute atomic E-state index is 10.7. The van der Waals surface area contributed by atoms with Gasteiger partial charge in [0.1, 0.15) is 0 Å². The Hall–Kier alpha value is -1.47. The van der Waals surface area contributed by atoms with E-state index in [1.54, 1.807) is 5.38 Å². The van der Waals surface area contributed by atoms with Crippen molar-refractivity contribution in [2.24, 2.45) is 0 Å². The summed E-state index contributed by atoms with van der Waals surface area (Å²) < 4.78 is 0. The summed E-state index contributed by atoms with van der Waals surface area (Å²) in [5.41, 5.74) is 1.99. The molecule has 1 aromatic rings. The summed E-state index contributed by atoms with van der Waals surface area (Å²) in [6, 6.07) is 0. The van der Waals surface area contributed by atoms with Gasteiger partial charge in [-0.3, -0.25) is 14.8 Å². The SMILES string of the molecule is O=CNc1nc(CC(=O)NO)cs1. The van der Waals surface area contributed by atoms with E-state index in [1.807, 2.05) is 0 Å². The van der Waals surface area contributed by atoms with Crippen LogP contribution >= 0.6 is 11.3 Å². The molecular weight excluding hydrogens is 194 g/mol. The molecule has 0 aliphatic carbocycles. The van der Waals surface area contributed by atoms with Gasteiger partial charge >= 0.3 is 0 Å². The Morgan fingerprint density at radius 3 is 3.15 bits per heavy atom. The van der Waals surface area contributed by atoms with Crippen molar-refractivity contribution in [1.82, 2.24) is 10.5 Å². The van der Waals surface area contributed by atoms with Gasteiger partial charge in [-0.1, -0.05) is 0 Å². The summed E-state index contributed by atoms with van der Waals surface area (Å²) in [5.74, 6) is -0.539. The molecule has 0 aromatic carbocycles. The van der Waals surface area contributed by atoms with E-state index >= 15 is 0 Å². The zero-order valence-corrected chi connectivity index (χ0v) is 7.30. The largest absolute Gasteiger partial charge is 0.305 e. The number of aromatic nitrogens is 1. The quantitative estimate of drug-likeness (QED) is 0.356. The molecule has 0 saturated carbocycles. The number of anilines is 1. The second-order valence-electron chi connectivity index (χ2n) is 2.12. The molecule has 0 radical (unpaired) electrons. The maximum atomic E-state index is 10.7. The van der Waals surface area contributed by atoms with Gasteiger partial charge in [-0.25, -0.2) is 10.5 Å². The standard InChI is InChI=1S/C6H7N3O3S/c10-3-7-6-8-4(2-13-6)1-5(11)9-12/h2-3,12H,1H2,(H,9,11)(H,7,8,10). The van der Waals surface area contributed by atoms with Crippen LogP contribution in [0.4, 0.5) is 5.13 Å². The van der Waals surface area contributed by atoms with Gasteiger partial charge < -0.3 is 5.32 Å². The first kappa shape index (κ1) is 9.62. The molecule has 1 aromatic heterocycles. The van der Waals surface area contributed by atoms with E-state index in [9.17, 15) is 9.59 Å². The van der Waals surface area contributed by atoms with Crippen molar-refractivity contribution in [2.45, 2.75) is 6.42 Å². The fourth-order valence-corrected chi connectivity index (χ4v) is 1.38. The van der Waals surface area contributed by atoms with Crippen molar-refractivity contribution in [2.75, 3.05) is 5.32 Å². The molecule has 0 unspecified atom stereocenters. The molecule has 0 atom stereocenters. The number of nitrogens with one attached hydrogen (secondary N) is 2. The third kappa shape index (κ3) is 2.80.